The number of nitrogens with zero attached hydrogens (tertiary/aromatic N) is 1. The molecule has 0 aliphatic rings. The van der Waals surface area contributed by atoms with Gasteiger partial charge in [-0.15, -0.1) is 0 Å². The second-order valence-electron chi connectivity index (χ2n) is 9.08. The van der Waals surface area contributed by atoms with Crippen molar-refractivity contribution in [2.75, 3.05) is 0 Å². The number of sulfonamides is 1. The first-order valence-corrected chi connectivity index (χ1v) is 15.9. The van der Waals surface area contributed by atoms with Crippen LogP contribution in [0.2, 0.25) is 0 Å². The minimum atomic E-state index is -3.90. The lowest BCUT2D eigenvalue weighted by atomic mass is 10.2. The lowest BCUT2D eigenvalue weighted by molar-refractivity contribution is 0.584. The molecule has 0 bridgehead atoms. The normalized spacial score (nSPS) is 12.2. The van der Waals surface area contributed by atoms with Crippen LogP contribution in [0.4, 0.5) is 0 Å². The van der Waals surface area contributed by atoms with Crippen molar-refractivity contribution in [3.63, 3.8) is 0 Å². The summed E-state index contributed by atoms with van der Waals surface area (Å²) in [6, 6.07) is 47.6. The molecule has 0 fully saturated rings. The molecule has 0 amide bonds. The first kappa shape index (κ1) is 25.4. The Kier molecular flexibility index (Phi) is 7.35. The maximum Gasteiger partial charge on any atom is 0.276 e. The van der Waals surface area contributed by atoms with Crippen LogP contribution in [-0.4, -0.2) is 21.8 Å². The van der Waals surface area contributed by atoms with Gasteiger partial charge in [0.25, 0.3) is 10.0 Å². The van der Waals surface area contributed by atoms with Gasteiger partial charge in [0.15, 0.2) is 0 Å². The summed E-state index contributed by atoms with van der Waals surface area (Å²) >= 11 is 0. The zero-order valence-corrected chi connectivity index (χ0v) is 22.8. The van der Waals surface area contributed by atoms with Gasteiger partial charge in [-0.2, -0.15) is 13.5 Å². The Labute approximate surface area is 225 Å². The fourth-order valence-corrected chi connectivity index (χ4v) is 10.4. The van der Waals surface area contributed by atoms with E-state index in [1.165, 1.54) is 0 Å². The smallest absolute Gasteiger partial charge is 0.200 e. The molecule has 5 aromatic carbocycles. The van der Waals surface area contributed by atoms with E-state index in [0.29, 0.717) is 5.33 Å². The highest BCUT2D eigenvalue weighted by Crippen LogP contribution is 2.17. The van der Waals surface area contributed by atoms with Gasteiger partial charge in [-0.1, -0.05) is 139 Å². The monoisotopic (exact) mass is 532 g/mol. The standard InChI is InChI=1S/C32H28N2O2SSi/c1-26-22-24-28(25-23-26)37(35,36)34-33-32(27-14-6-2-7-15-27)38(29-16-8-3-9-17-29,30-18-10-4-11-19-30)31-20-12-5-13-21-31/h2-25,34H,1H3. The predicted molar refractivity (Wildman–Crippen MR) is 158 cm³/mol. The summed E-state index contributed by atoms with van der Waals surface area (Å²) in [5.74, 6) is 0. The molecular formula is C32H28N2O2SSi. The maximum absolute atomic E-state index is 13.4. The maximum atomic E-state index is 13.4. The number of hydrogen-bond donors (Lipinski definition) is 1. The molecule has 4 nitrogen and oxygen atoms in total. The van der Waals surface area contributed by atoms with Crippen LogP contribution in [0, 0.1) is 6.92 Å². The average molecular weight is 533 g/mol. The molecular weight excluding hydrogens is 505 g/mol. The Morgan fingerprint density at radius 1 is 0.579 bits per heavy atom. The van der Waals surface area contributed by atoms with E-state index in [2.05, 4.69) is 41.2 Å². The summed E-state index contributed by atoms with van der Waals surface area (Å²) in [6.45, 7) is 1.93. The predicted octanol–water partition coefficient (Wildman–Crippen LogP) is 4.39. The quantitative estimate of drug-likeness (QED) is 0.140. The number of benzene rings is 5. The number of hydrazone groups is 1. The van der Waals surface area contributed by atoms with Crippen molar-refractivity contribution in [3.8, 4) is 0 Å². The molecule has 0 radical (unpaired) electrons. The van der Waals surface area contributed by atoms with Gasteiger partial charge >= 0.3 is 0 Å². The molecule has 0 unspecified atom stereocenters. The SMILES string of the molecule is Cc1ccc(S(=O)(=O)NN=C(c2ccccc2)[Si](c2ccccc2)(c2ccccc2)c2ccccc2)cc1. The molecule has 0 atom stereocenters. The van der Waals surface area contributed by atoms with Gasteiger partial charge in [0.1, 0.15) is 0 Å². The molecule has 6 heteroatoms. The molecule has 0 saturated carbocycles. The topological polar surface area (TPSA) is 58.5 Å². The van der Waals surface area contributed by atoms with Crippen molar-refractivity contribution in [3.05, 3.63) is 157 Å². The van der Waals surface area contributed by atoms with Gasteiger partial charge in [-0.05, 0) is 40.2 Å². The Morgan fingerprint density at radius 3 is 1.39 bits per heavy atom. The van der Waals surface area contributed by atoms with E-state index in [-0.39, 0.29) is 4.90 Å². The molecule has 0 aliphatic carbocycles. The molecule has 0 aliphatic heterocycles. The fourth-order valence-electron chi connectivity index (χ4n) is 4.81. The second kappa shape index (κ2) is 11.0. The molecule has 5 rings (SSSR count). The van der Waals surface area contributed by atoms with Crippen LogP contribution >= 0.6 is 0 Å². The van der Waals surface area contributed by atoms with Crippen molar-refractivity contribution in [2.45, 2.75) is 11.8 Å². The summed E-state index contributed by atoms with van der Waals surface area (Å²) in [5.41, 5.74) is 1.85. The Balaban J connectivity index is 1.83. The van der Waals surface area contributed by atoms with Crippen LogP contribution < -0.4 is 20.4 Å². The first-order valence-electron chi connectivity index (χ1n) is 12.4. The van der Waals surface area contributed by atoms with E-state index in [1.807, 2.05) is 91.9 Å². The van der Waals surface area contributed by atoms with E-state index in [1.54, 1.807) is 24.3 Å². The Bertz CT molecular complexity index is 1530. The molecule has 188 valence electrons. The average Bonchev–Trinajstić information content (AvgIpc) is 2.97. The van der Waals surface area contributed by atoms with Crippen LogP contribution in [0.15, 0.2) is 156 Å². The Hall–Kier alpha value is -4.26. The van der Waals surface area contributed by atoms with Gasteiger partial charge in [0.2, 0.25) is 8.07 Å². The van der Waals surface area contributed by atoms with Crippen LogP contribution in [-0.2, 0) is 10.0 Å². The third-order valence-corrected chi connectivity index (χ3v) is 12.6. The van der Waals surface area contributed by atoms with Gasteiger partial charge < -0.3 is 0 Å². The summed E-state index contributed by atoms with van der Waals surface area (Å²) in [6.07, 6.45) is 0. The highest BCUT2D eigenvalue weighted by Gasteiger charge is 2.45. The zero-order valence-electron chi connectivity index (χ0n) is 21.0. The third-order valence-electron chi connectivity index (χ3n) is 6.63. The van der Waals surface area contributed by atoms with Crippen LogP contribution in [0.3, 0.4) is 0 Å². The number of aryl methyl sites for hydroxylation is 1. The van der Waals surface area contributed by atoms with Gasteiger partial charge in [-0.25, -0.2) is 4.83 Å². The molecule has 1 N–H and O–H groups in total. The van der Waals surface area contributed by atoms with Crippen molar-refractivity contribution < 1.29 is 8.42 Å². The van der Waals surface area contributed by atoms with Crippen LogP contribution in [0.1, 0.15) is 11.1 Å². The Morgan fingerprint density at radius 2 is 0.974 bits per heavy atom. The summed E-state index contributed by atoms with van der Waals surface area (Å²) in [4.78, 5) is 2.77. The van der Waals surface area contributed by atoms with Crippen molar-refractivity contribution >= 4 is 39.0 Å². The highest BCUT2D eigenvalue weighted by atomic mass is 32.2. The van der Waals surface area contributed by atoms with E-state index in [9.17, 15) is 8.42 Å². The molecule has 5 aromatic rings. The molecule has 0 spiro atoms. The molecule has 0 saturated heterocycles. The van der Waals surface area contributed by atoms with Crippen LogP contribution in [0.5, 0.6) is 0 Å². The minimum Gasteiger partial charge on any atom is -0.200 e. The van der Waals surface area contributed by atoms with Gasteiger partial charge in [0.05, 0.1) is 10.2 Å². The van der Waals surface area contributed by atoms with Crippen molar-refractivity contribution in [1.29, 1.82) is 0 Å². The van der Waals surface area contributed by atoms with Gasteiger partial charge in [0, 0.05) is 0 Å². The van der Waals surface area contributed by atoms with E-state index in [0.717, 1.165) is 26.7 Å². The molecule has 0 heterocycles. The van der Waals surface area contributed by atoms with Crippen LogP contribution in [0.25, 0.3) is 0 Å². The van der Waals surface area contributed by atoms with E-state index >= 15 is 0 Å². The van der Waals surface area contributed by atoms with E-state index in [4.69, 9.17) is 5.10 Å². The highest BCUT2D eigenvalue weighted by molar-refractivity contribution is 7.89. The molecule has 38 heavy (non-hydrogen) atoms. The molecule has 0 aromatic heterocycles. The lowest BCUT2D eigenvalue weighted by Gasteiger charge is -2.35. The largest absolute Gasteiger partial charge is 0.276 e. The van der Waals surface area contributed by atoms with Gasteiger partial charge in [-0.3, -0.25) is 0 Å². The summed E-state index contributed by atoms with van der Waals surface area (Å²) in [5, 5.41) is 8.83. The van der Waals surface area contributed by atoms with Crippen molar-refractivity contribution in [2.24, 2.45) is 5.10 Å². The number of rotatable bonds is 8. The van der Waals surface area contributed by atoms with Crippen molar-refractivity contribution in [1.82, 2.24) is 4.83 Å². The summed E-state index contributed by atoms with van der Waals surface area (Å²) < 4.78 is 26.8. The number of nitrogens with one attached hydrogen (secondary N) is 1. The first-order chi connectivity index (χ1) is 18.5. The third kappa shape index (κ3) is 4.96. The number of hydrogen-bond acceptors (Lipinski definition) is 3. The van der Waals surface area contributed by atoms with E-state index < -0.39 is 18.1 Å². The lowest BCUT2D eigenvalue weighted by Crippen LogP contribution is -2.73. The minimum absolute atomic E-state index is 0.172. The zero-order chi connectivity index (χ0) is 26.4. The fraction of sp³-hybridized carbons (Fsp3) is 0.0312. The second-order valence-corrected chi connectivity index (χ2v) is 14.4. The summed E-state index contributed by atoms with van der Waals surface area (Å²) in [7, 11) is -6.98.